The summed E-state index contributed by atoms with van der Waals surface area (Å²) in [4.78, 5) is 23.1. The van der Waals surface area contributed by atoms with E-state index in [-0.39, 0.29) is 0 Å². The molecule has 2 aromatic heterocycles. The largest absolute Gasteiger partial charge is 0.352 e. The lowest BCUT2D eigenvalue weighted by Gasteiger charge is -2.35. The number of hydrogen-bond donors (Lipinski definition) is 0. The minimum Gasteiger partial charge on any atom is -0.352 e. The molecule has 1 fully saturated rings. The fourth-order valence-electron chi connectivity index (χ4n) is 3.59. The average Bonchev–Trinajstić information content (AvgIpc) is 2.80. The molecule has 0 atom stereocenters. The minimum atomic E-state index is 0.767. The molecule has 0 aliphatic carbocycles. The van der Waals surface area contributed by atoms with E-state index in [1.807, 2.05) is 36.4 Å². The number of anilines is 2. The van der Waals surface area contributed by atoms with Gasteiger partial charge < -0.3 is 9.80 Å². The number of nitrogens with zero attached hydrogens (tertiary/aromatic N) is 6. The summed E-state index contributed by atoms with van der Waals surface area (Å²) < 4.78 is 0. The first kappa shape index (κ1) is 16.6. The van der Waals surface area contributed by atoms with Crippen molar-refractivity contribution in [3.05, 3.63) is 73.1 Å². The van der Waals surface area contributed by atoms with Crippen LogP contribution in [0.5, 0.6) is 0 Å². The number of piperazine rings is 1. The monoisotopic (exact) mass is 368 g/mol. The Morgan fingerprint density at radius 2 is 1.32 bits per heavy atom. The third-order valence-electron chi connectivity index (χ3n) is 5.03. The minimum absolute atomic E-state index is 0.767. The summed E-state index contributed by atoms with van der Waals surface area (Å²) in [6, 6.07) is 20.2. The van der Waals surface area contributed by atoms with Crippen molar-refractivity contribution in [1.29, 1.82) is 0 Å². The molecule has 6 heteroatoms. The van der Waals surface area contributed by atoms with Crippen LogP contribution in [0.15, 0.2) is 73.1 Å². The number of fused-ring (bicyclic) bond motifs is 1. The van der Waals surface area contributed by atoms with E-state index >= 15 is 0 Å². The molecule has 28 heavy (non-hydrogen) atoms. The summed E-state index contributed by atoms with van der Waals surface area (Å²) in [5.74, 6) is 2.56. The first-order valence-corrected chi connectivity index (χ1v) is 9.47. The molecular weight excluding hydrogens is 348 g/mol. The molecular formula is C22H20N6. The van der Waals surface area contributed by atoms with Gasteiger partial charge in [-0.25, -0.2) is 19.9 Å². The Morgan fingerprint density at radius 3 is 2.11 bits per heavy atom. The van der Waals surface area contributed by atoms with Crippen molar-refractivity contribution in [2.24, 2.45) is 0 Å². The number of rotatable bonds is 3. The highest BCUT2D eigenvalue weighted by Gasteiger charge is 2.22. The van der Waals surface area contributed by atoms with Crippen LogP contribution in [-0.2, 0) is 0 Å². The Hall–Kier alpha value is -3.54. The van der Waals surface area contributed by atoms with Crippen LogP contribution >= 0.6 is 0 Å². The van der Waals surface area contributed by atoms with E-state index in [1.165, 1.54) is 0 Å². The standard InChI is InChI=1S/C22H20N6/c1-2-7-17(8-3-1)20-25-19-10-5-4-9-18(19)21(26-20)27-13-15-28(16-14-27)22-23-11-6-12-24-22/h1-12H,13-16H2. The van der Waals surface area contributed by atoms with Gasteiger partial charge in [0.15, 0.2) is 5.82 Å². The quantitative estimate of drug-likeness (QED) is 0.552. The molecule has 5 rings (SSSR count). The molecule has 138 valence electrons. The Bertz CT molecular complexity index is 1080. The molecule has 1 saturated heterocycles. The van der Waals surface area contributed by atoms with Gasteiger partial charge in [-0.3, -0.25) is 0 Å². The average molecular weight is 368 g/mol. The van der Waals surface area contributed by atoms with Crippen molar-refractivity contribution in [2.75, 3.05) is 36.0 Å². The normalized spacial score (nSPS) is 14.4. The van der Waals surface area contributed by atoms with Gasteiger partial charge in [0.25, 0.3) is 0 Å². The maximum atomic E-state index is 4.96. The van der Waals surface area contributed by atoms with Gasteiger partial charge in [0.05, 0.1) is 5.52 Å². The highest BCUT2D eigenvalue weighted by Crippen LogP contribution is 2.28. The van der Waals surface area contributed by atoms with Gasteiger partial charge in [-0.2, -0.15) is 0 Å². The predicted molar refractivity (Wildman–Crippen MR) is 111 cm³/mol. The van der Waals surface area contributed by atoms with Gasteiger partial charge in [-0.1, -0.05) is 42.5 Å². The second-order valence-electron chi connectivity index (χ2n) is 6.78. The van der Waals surface area contributed by atoms with E-state index in [4.69, 9.17) is 9.97 Å². The van der Waals surface area contributed by atoms with Crippen molar-refractivity contribution in [3.8, 4) is 11.4 Å². The Balaban J connectivity index is 1.49. The SMILES string of the molecule is c1ccc(-c2nc(N3CCN(c4ncccn4)CC3)c3ccccc3n2)cc1. The summed E-state index contributed by atoms with van der Waals surface area (Å²) in [5, 5.41) is 1.09. The highest BCUT2D eigenvalue weighted by molar-refractivity contribution is 5.91. The third-order valence-corrected chi connectivity index (χ3v) is 5.03. The fraction of sp³-hybridized carbons (Fsp3) is 0.182. The molecule has 0 saturated carbocycles. The van der Waals surface area contributed by atoms with E-state index in [0.29, 0.717) is 0 Å². The van der Waals surface area contributed by atoms with E-state index in [0.717, 1.165) is 60.2 Å². The zero-order valence-electron chi connectivity index (χ0n) is 15.4. The topological polar surface area (TPSA) is 58.0 Å². The predicted octanol–water partition coefficient (Wildman–Crippen LogP) is 3.41. The molecule has 0 unspecified atom stereocenters. The van der Waals surface area contributed by atoms with Crippen molar-refractivity contribution in [3.63, 3.8) is 0 Å². The van der Waals surface area contributed by atoms with E-state index in [9.17, 15) is 0 Å². The third kappa shape index (κ3) is 3.13. The molecule has 1 aliphatic heterocycles. The molecule has 4 aromatic rings. The summed E-state index contributed by atoms with van der Waals surface area (Å²) >= 11 is 0. The van der Waals surface area contributed by atoms with Crippen molar-refractivity contribution >= 4 is 22.7 Å². The molecule has 0 radical (unpaired) electrons. The van der Waals surface area contributed by atoms with Gasteiger partial charge in [-0.15, -0.1) is 0 Å². The molecule has 0 spiro atoms. The number of para-hydroxylation sites is 1. The van der Waals surface area contributed by atoms with Gasteiger partial charge in [-0.05, 0) is 18.2 Å². The van der Waals surface area contributed by atoms with Crippen LogP contribution in [0.25, 0.3) is 22.3 Å². The van der Waals surface area contributed by atoms with Crippen LogP contribution < -0.4 is 9.80 Å². The Morgan fingerprint density at radius 1 is 0.643 bits per heavy atom. The Kier molecular flexibility index (Phi) is 4.29. The number of benzene rings is 2. The molecule has 0 N–H and O–H groups in total. The lowest BCUT2D eigenvalue weighted by molar-refractivity contribution is 0.636. The lowest BCUT2D eigenvalue weighted by atomic mass is 10.1. The smallest absolute Gasteiger partial charge is 0.225 e. The zero-order valence-corrected chi connectivity index (χ0v) is 15.4. The summed E-state index contributed by atoms with van der Waals surface area (Å²) in [6.45, 7) is 3.47. The van der Waals surface area contributed by atoms with Gasteiger partial charge in [0, 0.05) is 49.5 Å². The van der Waals surface area contributed by atoms with Crippen molar-refractivity contribution in [1.82, 2.24) is 19.9 Å². The molecule has 0 bridgehead atoms. The second-order valence-corrected chi connectivity index (χ2v) is 6.78. The van der Waals surface area contributed by atoms with Crippen molar-refractivity contribution < 1.29 is 0 Å². The van der Waals surface area contributed by atoms with Crippen LogP contribution in [0.4, 0.5) is 11.8 Å². The summed E-state index contributed by atoms with van der Waals surface area (Å²) in [6.07, 6.45) is 3.58. The summed E-state index contributed by atoms with van der Waals surface area (Å²) in [7, 11) is 0. The lowest BCUT2D eigenvalue weighted by Crippen LogP contribution is -2.47. The Labute approximate surface area is 163 Å². The summed E-state index contributed by atoms with van der Waals surface area (Å²) in [5.41, 5.74) is 2.01. The van der Waals surface area contributed by atoms with Gasteiger partial charge >= 0.3 is 0 Å². The molecule has 1 aliphatic rings. The van der Waals surface area contributed by atoms with Gasteiger partial charge in [0.2, 0.25) is 5.95 Å². The van der Waals surface area contributed by atoms with E-state index in [2.05, 4.69) is 44.0 Å². The first-order chi connectivity index (χ1) is 13.9. The van der Waals surface area contributed by atoms with E-state index in [1.54, 1.807) is 12.4 Å². The van der Waals surface area contributed by atoms with E-state index < -0.39 is 0 Å². The van der Waals surface area contributed by atoms with Gasteiger partial charge in [0.1, 0.15) is 5.82 Å². The maximum Gasteiger partial charge on any atom is 0.225 e. The van der Waals surface area contributed by atoms with Crippen LogP contribution in [0, 0.1) is 0 Å². The first-order valence-electron chi connectivity index (χ1n) is 9.47. The van der Waals surface area contributed by atoms with Crippen LogP contribution in [-0.4, -0.2) is 46.1 Å². The second kappa shape index (κ2) is 7.23. The molecule has 2 aromatic carbocycles. The highest BCUT2D eigenvalue weighted by atomic mass is 15.3. The maximum absolute atomic E-state index is 4.96. The molecule has 3 heterocycles. The fourth-order valence-corrected chi connectivity index (χ4v) is 3.59. The number of aromatic nitrogens is 4. The van der Waals surface area contributed by atoms with Crippen LogP contribution in [0.1, 0.15) is 0 Å². The number of hydrogen-bond acceptors (Lipinski definition) is 6. The van der Waals surface area contributed by atoms with Crippen LogP contribution in [0.2, 0.25) is 0 Å². The zero-order chi connectivity index (χ0) is 18.8. The molecule has 0 amide bonds. The van der Waals surface area contributed by atoms with Crippen LogP contribution in [0.3, 0.4) is 0 Å². The molecule has 6 nitrogen and oxygen atoms in total. The van der Waals surface area contributed by atoms with Crippen molar-refractivity contribution in [2.45, 2.75) is 0 Å².